The van der Waals surface area contributed by atoms with Crippen LogP contribution in [0.25, 0.3) is 0 Å². The summed E-state index contributed by atoms with van der Waals surface area (Å²) >= 11 is 0. The molecule has 4 N–H and O–H groups in total. The fraction of sp³-hybridized carbons (Fsp3) is 0.577. The molecule has 1 saturated carbocycles. The van der Waals surface area contributed by atoms with E-state index in [-0.39, 0.29) is 23.3 Å². The van der Waals surface area contributed by atoms with Crippen molar-refractivity contribution in [3.8, 4) is 5.75 Å². The number of esters is 3. The Kier molecular flexibility index (Phi) is 8.76. The monoisotopic (exact) mass is 552 g/mol. The number of fused-ring (bicyclic) bond motifs is 1. The van der Waals surface area contributed by atoms with Gasteiger partial charge in [-0.25, -0.2) is 9.59 Å². The minimum absolute atomic E-state index is 0.0403. The third-order valence-electron chi connectivity index (χ3n) is 7.33. The molecule has 4 rings (SSSR count). The standard InChI is InChI=1S/C26H32O13/c1-11-17(30)8-15-16(24(33)34-3)10-35-25(19(11)15)39-26-22(38-23(32)13-5-4-6-14(29)7-13)20(31)21(36-12(2)28)18(9-27)37-26/h4-7,10-11,15,17-22,25-27,29-31H,8-9H2,1-3H3/t11-,15+,17-,18+,19+,20-,21+,22+,25-,26-/m0/s1. The molecule has 0 spiro atoms. The van der Waals surface area contributed by atoms with E-state index in [9.17, 15) is 34.8 Å². The Balaban J connectivity index is 1.64. The van der Waals surface area contributed by atoms with E-state index in [0.29, 0.717) is 0 Å². The minimum atomic E-state index is -1.70. The fourth-order valence-electron chi connectivity index (χ4n) is 5.36. The average Bonchev–Trinajstić information content (AvgIpc) is 3.21. The lowest BCUT2D eigenvalue weighted by Crippen LogP contribution is -2.62. The van der Waals surface area contributed by atoms with Gasteiger partial charge in [-0.1, -0.05) is 13.0 Å². The number of aliphatic hydroxyl groups is 3. The van der Waals surface area contributed by atoms with Gasteiger partial charge in [-0.3, -0.25) is 4.79 Å². The average molecular weight is 553 g/mol. The number of rotatable bonds is 7. The van der Waals surface area contributed by atoms with Crippen molar-refractivity contribution in [1.29, 1.82) is 0 Å². The molecule has 2 aliphatic heterocycles. The van der Waals surface area contributed by atoms with Crippen molar-refractivity contribution < 1.29 is 63.2 Å². The molecule has 2 heterocycles. The summed E-state index contributed by atoms with van der Waals surface area (Å²) in [6.45, 7) is 2.19. The van der Waals surface area contributed by atoms with Crippen LogP contribution >= 0.6 is 0 Å². The molecule has 1 aliphatic carbocycles. The van der Waals surface area contributed by atoms with E-state index in [1.54, 1.807) is 6.92 Å². The number of hydrogen-bond donors (Lipinski definition) is 4. The summed E-state index contributed by atoms with van der Waals surface area (Å²) in [4.78, 5) is 36.9. The number of hydrogen-bond acceptors (Lipinski definition) is 13. The van der Waals surface area contributed by atoms with E-state index in [1.165, 1.54) is 31.6 Å². The molecule has 3 aliphatic rings. The van der Waals surface area contributed by atoms with E-state index in [1.807, 2.05) is 0 Å². The van der Waals surface area contributed by atoms with Gasteiger partial charge in [-0.15, -0.1) is 0 Å². The first-order chi connectivity index (χ1) is 18.5. The molecule has 13 nitrogen and oxygen atoms in total. The van der Waals surface area contributed by atoms with E-state index >= 15 is 0 Å². The van der Waals surface area contributed by atoms with Crippen LogP contribution < -0.4 is 0 Å². The lowest BCUT2D eigenvalue weighted by Gasteiger charge is -2.45. The second kappa shape index (κ2) is 11.9. The molecule has 10 atom stereocenters. The van der Waals surface area contributed by atoms with Gasteiger partial charge in [-0.05, 0) is 30.5 Å². The normalized spacial score (nSPS) is 35.7. The molecule has 13 heteroatoms. The van der Waals surface area contributed by atoms with E-state index in [4.69, 9.17) is 28.4 Å². The van der Waals surface area contributed by atoms with Crippen molar-refractivity contribution in [2.24, 2.45) is 17.8 Å². The Morgan fingerprint density at radius 2 is 1.82 bits per heavy atom. The third-order valence-corrected chi connectivity index (χ3v) is 7.33. The van der Waals surface area contributed by atoms with Crippen LogP contribution in [0.2, 0.25) is 0 Å². The maximum absolute atomic E-state index is 12.9. The molecule has 0 aromatic heterocycles. The van der Waals surface area contributed by atoms with Gasteiger partial charge in [0.15, 0.2) is 12.2 Å². The highest BCUT2D eigenvalue weighted by Gasteiger charge is 2.55. The summed E-state index contributed by atoms with van der Waals surface area (Å²) < 4.78 is 33.1. The highest BCUT2D eigenvalue weighted by atomic mass is 16.8. The van der Waals surface area contributed by atoms with E-state index in [0.717, 1.165) is 13.0 Å². The predicted octanol–water partition coefficient (Wildman–Crippen LogP) is -0.00970. The summed E-state index contributed by atoms with van der Waals surface area (Å²) in [7, 11) is 1.23. The first kappa shape index (κ1) is 28.8. The van der Waals surface area contributed by atoms with Gasteiger partial charge in [0, 0.05) is 18.8 Å². The van der Waals surface area contributed by atoms with Gasteiger partial charge < -0.3 is 48.8 Å². The molecular formula is C26H32O13. The Morgan fingerprint density at radius 1 is 1.08 bits per heavy atom. The highest BCUT2D eigenvalue weighted by molar-refractivity contribution is 5.90. The number of benzene rings is 1. The first-order valence-corrected chi connectivity index (χ1v) is 12.4. The molecular weight excluding hydrogens is 520 g/mol. The molecule has 0 bridgehead atoms. The van der Waals surface area contributed by atoms with Crippen molar-refractivity contribution in [2.75, 3.05) is 13.7 Å². The van der Waals surface area contributed by atoms with Gasteiger partial charge in [-0.2, -0.15) is 0 Å². The second-order valence-electron chi connectivity index (χ2n) is 9.76. The van der Waals surface area contributed by atoms with Crippen molar-refractivity contribution in [2.45, 2.75) is 63.4 Å². The van der Waals surface area contributed by atoms with Gasteiger partial charge in [0.25, 0.3) is 0 Å². The molecule has 39 heavy (non-hydrogen) atoms. The number of methoxy groups -OCH3 is 1. The van der Waals surface area contributed by atoms with Crippen LogP contribution in [-0.4, -0.2) is 95.2 Å². The zero-order valence-corrected chi connectivity index (χ0v) is 21.5. The zero-order valence-electron chi connectivity index (χ0n) is 21.5. The van der Waals surface area contributed by atoms with Crippen molar-refractivity contribution in [3.05, 3.63) is 41.7 Å². The fourth-order valence-corrected chi connectivity index (χ4v) is 5.36. The lowest BCUT2D eigenvalue weighted by atomic mass is 9.83. The number of phenolic OH excluding ortho intramolecular Hbond substituents is 1. The van der Waals surface area contributed by atoms with Crippen LogP contribution in [0, 0.1) is 17.8 Å². The number of ether oxygens (including phenoxy) is 6. The van der Waals surface area contributed by atoms with Crippen molar-refractivity contribution in [1.82, 2.24) is 0 Å². The number of aromatic hydroxyl groups is 1. The van der Waals surface area contributed by atoms with Crippen molar-refractivity contribution in [3.63, 3.8) is 0 Å². The summed E-state index contributed by atoms with van der Waals surface area (Å²) in [5.41, 5.74) is 0.187. The topological polar surface area (TPSA) is 188 Å². The molecule has 1 aromatic rings. The van der Waals surface area contributed by atoms with Gasteiger partial charge in [0.05, 0.1) is 37.2 Å². The maximum Gasteiger partial charge on any atom is 0.338 e. The van der Waals surface area contributed by atoms with E-state index < -0.39 is 85.4 Å². The number of carbonyl (C=O) groups is 3. The second-order valence-corrected chi connectivity index (χ2v) is 9.76. The Morgan fingerprint density at radius 3 is 2.46 bits per heavy atom. The minimum Gasteiger partial charge on any atom is -0.508 e. The predicted molar refractivity (Wildman–Crippen MR) is 127 cm³/mol. The summed E-state index contributed by atoms with van der Waals surface area (Å²) in [6.07, 6.45) is -7.96. The number of carbonyl (C=O) groups excluding carboxylic acids is 3. The van der Waals surface area contributed by atoms with Gasteiger partial charge in [0.2, 0.25) is 12.6 Å². The summed E-state index contributed by atoms with van der Waals surface area (Å²) in [6, 6.07) is 5.31. The highest BCUT2D eigenvalue weighted by Crippen LogP contribution is 2.47. The number of aliphatic hydroxyl groups excluding tert-OH is 3. The van der Waals surface area contributed by atoms with Gasteiger partial charge >= 0.3 is 17.9 Å². The molecule has 0 radical (unpaired) electrons. The zero-order chi connectivity index (χ0) is 28.4. The summed E-state index contributed by atoms with van der Waals surface area (Å²) in [5.74, 6) is -3.96. The van der Waals surface area contributed by atoms with Crippen LogP contribution in [0.3, 0.4) is 0 Å². The SMILES string of the molecule is COC(=O)C1=CO[C@@H](O[C@@H]2O[C@H](CO)[C@@H](OC(C)=O)[C@H](O)[C@H]2OC(=O)c2cccc(O)c2)[C@@H]2[C@@H](C)[C@@H](O)C[C@H]12. The molecule has 2 fully saturated rings. The van der Waals surface area contributed by atoms with E-state index in [2.05, 4.69) is 0 Å². The first-order valence-electron chi connectivity index (χ1n) is 12.4. The van der Waals surface area contributed by atoms with Crippen LogP contribution in [0.15, 0.2) is 36.1 Å². The molecule has 1 saturated heterocycles. The molecule has 0 unspecified atom stereocenters. The number of phenols is 1. The largest absolute Gasteiger partial charge is 0.508 e. The van der Waals surface area contributed by atoms with Crippen LogP contribution in [-0.2, 0) is 38.0 Å². The maximum atomic E-state index is 12.9. The third kappa shape index (κ3) is 5.87. The van der Waals surface area contributed by atoms with Crippen LogP contribution in [0.1, 0.15) is 30.6 Å². The van der Waals surface area contributed by atoms with Crippen molar-refractivity contribution >= 4 is 17.9 Å². The smallest absolute Gasteiger partial charge is 0.338 e. The lowest BCUT2D eigenvalue weighted by molar-refractivity contribution is -0.342. The van der Waals surface area contributed by atoms with Crippen LogP contribution in [0.4, 0.5) is 0 Å². The summed E-state index contributed by atoms with van der Waals surface area (Å²) in [5, 5.41) is 41.3. The Labute approximate surface area is 223 Å². The quantitative estimate of drug-likeness (QED) is 0.261. The molecule has 1 aromatic carbocycles. The molecule has 0 amide bonds. The Bertz CT molecular complexity index is 1100. The van der Waals surface area contributed by atoms with Gasteiger partial charge in [0.1, 0.15) is 18.0 Å². The van der Waals surface area contributed by atoms with Crippen LogP contribution in [0.5, 0.6) is 5.75 Å². The Hall–Kier alpha value is -3.23. The molecule has 214 valence electrons.